The van der Waals surface area contributed by atoms with E-state index in [1.807, 2.05) is 0 Å². The number of nitrogens with zero attached hydrogens (tertiary/aromatic N) is 3. The minimum absolute atomic E-state index is 0.164. The van der Waals surface area contributed by atoms with Crippen molar-refractivity contribution in [3.8, 4) is 0 Å². The predicted molar refractivity (Wildman–Crippen MR) is 59.8 cm³/mol. The third kappa shape index (κ3) is 2.22. The molecule has 0 spiro atoms. The first-order valence-electron chi connectivity index (χ1n) is 4.56. The van der Waals surface area contributed by atoms with E-state index in [1.165, 1.54) is 21.0 Å². The van der Waals surface area contributed by atoms with Crippen LogP contribution in [0.2, 0.25) is 0 Å². The molecule has 0 atom stereocenters. The van der Waals surface area contributed by atoms with Gasteiger partial charge in [0.1, 0.15) is 0 Å². The minimum atomic E-state index is -0.837. The van der Waals surface area contributed by atoms with Crippen molar-refractivity contribution in [2.24, 2.45) is 19.3 Å². The molecule has 0 unspecified atom stereocenters. The number of nitrogens with one attached hydrogen (secondary N) is 2. The van der Waals surface area contributed by atoms with Crippen LogP contribution in [0.3, 0.4) is 0 Å². The third-order valence-corrected chi connectivity index (χ3v) is 2.09. The van der Waals surface area contributed by atoms with Crippen LogP contribution in [0.25, 0.3) is 0 Å². The van der Waals surface area contributed by atoms with Gasteiger partial charge in [0.2, 0.25) is 11.6 Å². The molecular formula is C8H11N5O4. The van der Waals surface area contributed by atoms with E-state index in [-0.39, 0.29) is 5.82 Å². The van der Waals surface area contributed by atoms with E-state index >= 15 is 0 Å². The Kier molecular flexibility index (Phi) is 3.41. The van der Waals surface area contributed by atoms with E-state index in [1.54, 1.807) is 0 Å². The topological polar surface area (TPSA) is 115 Å². The van der Waals surface area contributed by atoms with Gasteiger partial charge in [0.25, 0.3) is 5.56 Å². The zero-order chi connectivity index (χ0) is 13.2. The van der Waals surface area contributed by atoms with Crippen molar-refractivity contribution in [1.82, 2.24) is 14.6 Å². The molecule has 0 aliphatic heterocycles. The van der Waals surface area contributed by atoms with Crippen LogP contribution in [0.1, 0.15) is 6.92 Å². The van der Waals surface area contributed by atoms with Gasteiger partial charge in [0.05, 0.1) is 0 Å². The highest BCUT2D eigenvalue weighted by atomic mass is 16.3. The number of anilines is 1. The van der Waals surface area contributed by atoms with Gasteiger partial charge in [-0.25, -0.2) is 4.79 Å². The van der Waals surface area contributed by atoms with Crippen molar-refractivity contribution >= 4 is 17.4 Å². The Bertz CT molecular complexity index is 585. The van der Waals surface area contributed by atoms with E-state index in [0.717, 1.165) is 9.13 Å². The molecule has 9 heteroatoms. The summed E-state index contributed by atoms with van der Waals surface area (Å²) in [5.74, 6) is -0.613. The second-order valence-corrected chi connectivity index (χ2v) is 3.30. The molecule has 1 amide bonds. The number of hydrazine groups is 1. The van der Waals surface area contributed by atoms with E-state index < -0.39 is 22.8 Å². The van der Waals surface area contributed by atoms with Gasteiger partial charge < -0.3 is 0 Å². The lowest BCUT2D eigenvalue weighted by molar-refractivity contribution is -0.118. The number of hydrogen-bond acceptors (Lipinski definition) is 6. The summed E-state index contributed by atoms with van der Waals surface area (Å²) in [6.07, 6.45) is 0. The van der Waals surface area contributed by atoms with Crippen molar-refractivity contribution in [3.05, 3.63) is 25.7 Å². The second-order valence-electron chi connectivity index (χ2n) is 3.30. The summed E-state index contributed by atoms with van der Waals surface area (Å²) >= 11 is 0. The number of carbonyl (C=O) groups excluding carboxylic acids is 1. The zero-order valence-electron chi connectivity index (χ0n) is 9.47. The second kappa shape index (κ2) is 4.60. The van der Waals surface area contributed by atoms with Gasteiger partial charge in [0.15, 0.2) is 5.82 Å². The molecule has 0 saturated carbocycles. The van der Waals surface area contributed by atoms with Crippen LogP contribution in [-0.4, -0.2) is 15.0 Å². The molecule has 0 aliphatic carbocycles. The Hall–Kier alpha value is -2.45. The molecule has 1 rings (SSSR count). The molecule has 0 aliphatic rings. The molecule has 92 valence electrons. The average molecular weight is 241 g/mol. The normalized spacial score (nSPS) is 9.82. The molecular weight excluding hydrogens is 230 g/mol. The first-order valence-corrected chi connectivity index (χ1v) is 4.56. The lowest BCUT2D eigenvalue weighted by Crippen LogP contribution is -2.40. The first kappa shape index (κ1) is 12.6. The highest BCUT2D eigenvalue weighted by Crippen LogP contribution is 2.15. The van der Waals surface area contributed by atoms with Gasteiger partial charge in [-0.2, -0.15) is 0 Å². The van der Waals surface area contributed by atoms with Crippen molar-refractivity contribution in [1.29, 1.82) is 0 Å². The first-order chi connectivity index (χ1) is 7.90. The molecule has 9 nitrogen and oxygen atoms in total. The Morgan fingerprint density at radius 2 is 1.82 bits per heavy atom. The summed E-state index contributed by atoms with van der Waals surface area (Å²) in [5.41, 5.74) is 2.49. The highest BCUT2D eigenvalue weighted by molar-refractivity contribution is 5.75. The summed E-state index contributed by atoms with van der Waals surface area (Å²) in [7, 11) is 2.56. The monoisotopic (exact) mass is 241 g/mol. The van der Waals surface area contributed by atoms with E-state index in [9.17, 15) is 19.3 Å². The summed E-state index contributed by atoms with van der Waals surface area (Å²) < 4.78 is 1.74. The number of amides is 1. The summed E-state index contributed by atoms with van der Waals surface area (Å²) in [5, 5.41) is 2.55. The van der Waals surface area contributed by atoms with Crippen LogP contribution in [0, 0.1) is 4.91 Å². The van der Waals surface area contributed by atoms with Gasteiger partial charge in [-0.05, 0) is 5.18 Å². The molecule has 1 heterocycles. The van der Waals surface area contributed by atoms with Gasteiger partial charge in [-0.1, -0.05) is 0 Å². The maximum Gasteiger partial charge on any atom is 0.332 e. The quantitative estimate of drug-likeness (QED) is 0.517. The van der Waals surface area contributed by atoms with E-state index in [0.29, 0.717) is 0 Å². The molecule has 0 radical (unpaired) electrons. The smallest absolute Gasteiger partial charge is 0.281 e. The predicted octanol–water partition coefficient (Wildman–Crippen LogP) is -1.06. The molecule has 1 aromatic rings. The Morgan fingerprint density at radius 3 is 2.29 bits per heavy atom. The molecule has 0 fully saturated rings. The van der Waals surface area contributed by atoms with Crippen molar-refractivity contribution in [3.63, 3.8) is 0 Å². The van der Waals surface area contributed by atoms with Crippen molar-refractivity contribution in [2.45, 2.75) is 6.92 Å². The molecule has 0 bridgehead atoms. The van der Waals surface area contributed by atoms with E-state index in [4.69, 9.17) is 0 Å². The number of rotatable bonds is 3. The Balaban J connectivity index is 3.47. The van der Waals surface area contributed by atoms with E-state index in [2.05, 4.69) is 16.0 Å². The highest BCUT2D eigenvalue weighted by Gasteiger charge is 2.16. The molecule has 2 N–H and O–H groups in total. The maximum absolute atomic E-state index is 11.6. The third-order valence-electron chi connectivity index (χ3n) is 2.09. The van der Waals surface area contributed by atoms with Crippen LogP contribution in [0.15, 0.2) is 14.8 Å². The number of nitroso groups, excluding NO2 is 1. The number of carbonyl (C=O) groups is 1. The lowest BCUT2D eigenvalue weighted by atomic mass is 10.4. The standard InChI is InChI=1S/C8H11N5O4/c1-4(14)9-10-6-5(11-17)7(15)13(3)8(16)12(6)2/h10H,1-3H3,(H,9,14). The van der Waals surface area contributed by atoms with Crippen molar-refractivity contribution in [2.75, 3.05) is 5.43 Å². The summed E-state index contributed by atoms with van der Waals surface area (Å²) in [6.45, 7) is 1.22. The van der Waals surface area contributed by atoms with Gasteiger partial charge in [0, 0.05) is 21.0 Å². The fourth-order valence-electron chi connectivity index (χ4n) is 1.20. The summed E-state index contributed by atoms with van der Waals surface area (Å²) in [6, 6.07) is 0. The van der Waals surface area contributed by atoms with Crippen LogP contribution in [0.4, 0.5) is 11.5 Å². The van der Waals surface area contributed by atoms with Crippen LogP contribution < -0.4 is 22.1 Å². The zero-order valence-corrected chi connectivity index (χ0v) is 9.47. The largest absolute Gasteiger partial charge is 0.332 e. The van der Waals surface area contributed by atoms with Crippen LogP contribution in [0.5, 0.6) is 0 Å². The van der Waals surface area contributed by atoms with Gasteiger partial charge >= 0.3 is 5.69 Å². The van der Waals surface area contributed by atoms with Gasteiger partial charge in [-0.15, -0.1) is 4.91 Å². The molecule has 0 saturated heterocycles. The molecule has 1 aromatic heterocycles. The Morgan fingerprint density at radius 1 is 1.24 bits per heavy atom. The van der Waals surface area contributed by atoms with Crippen LogP contribution in [-0.2, 0) is 18.9 Å². The fraction of sp³-hybridized carbons (Fsp3) is 0.375. The number of aromatic nitrogens is 2. The van der Waals surface area contributed by atoms with Crippen LogP contribution >= 0.6 is 0 Å². The maximum atomic E-state index is 11.6. The fourth-order valence-corrected chi connectivity index (χ4v) is 1.20. The van der Waals surface area contributed by atoms with Gasteiger partial charge in [-0.3, -0.25) is 29.6 Å². The molecule has 17 heavy (non-hydrogen) atoms. The van der Waals surface area contributed by atoms with Crippen molar-refractivity contribution < 1.29 is 4.79 Å². The SMILES string of the molecule is CC(=O)NNc1c(N=O)c(=O)n(C)c(=O)n1C. The average Bonchev–Trinajstić information content (AvgIpc) is 2.29. The molecule has 0 aromatic carbocycles. The lowest BCUT2D eigenvalue weighted by Gasteiger charge is -2.12. The summed E-state index contributed by atoms with van der Waals surface area (Å²) in [4.78, 5) is 44.4. The number of hydrogen-bond donors (Lipinski definition) is 2. The minimum Gasteiger partial charge on any atom is -0.281 e. The Labute approximate surface area is 95.0 Å².